The smallest absolute Gasteiger partial charge is 0.230 e. The topological polar surface area (TPSA) is 41.1 Å². The molecule has 0 spiro atoms. The molecular formula is C10H14N2OS. The number of anilines is 1. The number of hydrogen-bond donors (Lipinski definition) is 2. The summed E-state index contributed by atoms with van der Waals surface area (Å²) >= 11 is 1.53. The maximum absolute atomic E-state index is 11.0. The fourth-order valence-electron chi connectivity index (χ4n) is 0.939. The zero-order chi connectivity index (χ0) is 10.4. The molecule has 0 aliphatic rings. The van der Waals surface area contributed by atoms with Crippen molar-refractivity contribution < 1.29 is 4.79 Å². The highest BCUT2D eigenvalue weighted by atomic mass is 32.2. The van der Waals surface area contributed by atoms with Crippen LogP contribution in [0.1, 0.15) is 0 Å². The molecule has 76 valence electrons. The van der Waals surface area contributed by atoms with Crippen molar-refractivity contribution in [1.82, 2.24) is 5.32 Å². The van der Waals surface area contributed by atoms with E-state index >= 15 is 0 Å². The predicted octanol–water partition coefficient (Wildman–Crippen LogP) is 1.57. The van der Waals surface area contributed by atoms with Gasteiger partial charge in [0.25, 0.3) is 0 Å². The Kier molecular flexibility index (Phi) is 4.32. The Labute approximate surface area is 88.3 Å². The van der Waals surface area contributed by atoms with Crippen molar-refractivity contribution in [2.24, 2.45) is 0 Å². The number of rotatable bonds is 4. The van der Waals surface area contributed by atoms with E-state index in [0.717, 1.165) is 10.6 Å². The van der Waals surface area contributed by atoms with E-state index in [4.69, 9.17) is 0 Å². The molecular weight excluding hydrogens is 196 g/mol. The number of carbonyl (C=O) groups excluding carboxylic acids is 1. The molecule has 0 saturated carbocycles. The second-order valence-corrected chi connectivity index (χ2v) is 3.78. The van der Waals surface area contributed by atoms with Gasteiger partial charge >= 0.3 is 0 Å². The van der Waals surface area contributed by atoms with Crippen LogP contribution in [0.3, 0.4) is 0 Å². The number of hydrogen-bond acceptors (Lipinski definition) is 3. The third kappa shape index (κ3) is 3.30. The molecule has 14 heavy (non-hydrogen) atoms. The molecule has 1 aromatic rings. The summed E-state index contributed by atoms with van der Waals surface area (Å²) in [6, 6.07) is 7.98. The Hall–Kier alpha value is -1.16. The molecule has 1 rings (SSSR count). The summed E-state index contributed by atoms with van der Waals surface area (Å²) in [6.45, 7) is 0. The van der Waals surface area contributed by atoms with Crippen molar-refractivity contribution in [3.63, 3.8) is 0 Å². The van der Waals surface area contributed by atoms with E-state index in [1.54, 1.807) is 7.05 Å². The lowest BCUT2D eigenvalue weighted by Gasteiger charge is -2.02. The fourth-order valence-corrected chi connectivity index (χ4v) is 1.71. The van der Waals surface area contributed by atoms with Gasteiger partial charge in [0, 0.05) is 24.7 Å². The van der Waals surface area contributed by atoms with Crippen molar-refractivity contribution in [2.45, 2.75) is 4.90 Å². The molecule has 1 aromatic carbocycles. The molecule has 3 nitrogen and oxygen atoms in total. The molecule has 0 aliphatic heterocycles. The van der Waals surface area contributed by atoms with Crippen LogP contribution in [0.5, 0.6) is 0 Å². The highest BCUT2D eigenvalue weighted by Gasteiger charge is 1.99. The van der Waals surface area contributed by atoms with Crippen molar-refractivity contribution in [3.8, 4) is 0 Å². The fraction of sp³-hybridized carbons (Fsp3) is 0.300. The lowest BCUT2D eigenvalue weighted by Crippen LogP contribution is -2.19. The Morgan fingerprint density at radius 2 is 1.93 bits per heavy atom. The Balaban J connectivity index is 2.47. The van der Waals surface area contributed by atoms with Crippen LogP contribution >= 0.6 is 11.8 Å². The van der Waals surface area contributed by atoms with Gasteiger partial charge in [0.2, 0.25) is 5.91 Å². The van der Waals surface area contributed by atoms with Gasteiger partial charge in [-0.2, -0.15) is 0 Å². The predicted molar refractivity (Wildman–Crippen MR) is 60.8 cm³/mol. The number of carbonyl (C=O) groups is 1. The maximum Gasteiger partial charge on any atom is 0.230 e. The summed E-state index contributed by atoms with van der Waals surface area (Å²) in [5.74, 6) is 0.516. The lowest BCUT2D eigenvalue weighted by molar-refractivity contribution is -0.118. The summed E-state index contributed by atoms with van der Waals surface area (Å²) in [5, 5.41) is 5.63. The lowest BCUT2D eigenvalue weighted by atomic mass is 10.3. The van der Waals surface area contributed by atoms with Gasteiger partial charge in [-0.1, -0.05) is 0 Å². The van der Waals surface area contributed by atoms with Gasteiger partial charge in [-0.15, -0.1) is 11.8 Å². The number of thioether (sulfide) groups is 1. The van der Waals surface area contributed by atoms with Gasteiger partial charge in [0.05, 0.1) is 5.75 Å². The first-order valence-corrected chi connectivity index (χ1v) is 5.36. The number of amides is 1. The minimum Gasteiger partial charge on any atom is -0.388 e. The van der Waals surface area contributed by atoms with Crippen LogP contribution in [-0.4, -0.2) is 25.8 Å². The minimum absolute atomic E-state index is 0.0488. The Morgan fingerprint density at radius 1 is 1.29 bits per heavy atom. The van der Waals surface area contributed by atoms with E-state index in [1.807, 2.05) is 31.3 Å². The van der Waals surface area contributed by atoms with Crippen LogP contribution in [-0.2, 0) is 4.79 Å². The zero-order valence-electron chi connectivity index (χ0n) is 8.33. The molecule has 1 amide bonds. The summed E-state index contributed by atoms with van der Waals surface area (Å²) in [7, 11) is 3.53. The van der Waals surface area contributed by atoms with Gasteiger partial charge in [-0.25, -0.2) is 0 Å². The van der Waals surface area contributed by atoms with E-state index in [9.17, 15) is 4.79 Å². The molecule has 0 unspecified atom stereocenters. The molecule has 0 heterocycles. The molecule has 0 atom stereocenters. The Morgan fingerprint density at radius 3 is 2.43 bits per heavy atom. The van der Waals surface area contributed by atoms with Crippen LogP contribution in [0.4, 0.5) is 5.69 Å². The summed E-state index contributed by atoms with van der Waals surface area (Å²) < 4.78 is 0. The highest BCUT2D eigenvalue weighted by molar-refractivity contribution is 8.00. The van der Waals surface area contributed by atoms with Crippen LogP contribution in [0, 0.1) is 0 Å². The number of nitrogens with one attached hydrogen (secondary N) is 2. The first-order chi connectivity index (χ1) is 6.76. The summed E-state index contributed by atoms with van der Waals surface area (Å²) in [4.78, 5) is 12.1. The molecule has 4 heteroatoms. The summed E-state index contributed by atoms with van der Waals surface area (Å²) in [5.41, 5.74) is 1.08. The molecule has 2 N–H and O–H groups in total. The first-order valence-electron chi connectivity index (χ1n) is 4.37. The Bertz CT molecular complexity index is 297. The van der Waals surface area contributed by atoms with Crippen molar-refractivity contribution >= 4 is 23.4 Å². The van der Waals surface area contributed by atoms with E-state index in [-0.39, 0.29) is 5.91 Å². The van der Waals surface area contributed by atoms with Gasteiger partial charge in [0.1, 0.15) is 0 Å². The second kappa shape index (κ2) is 5.54. The van der Waals surface area contributed by atoms with E-state index in [1.165, 1.54) is 11.8 Å². The first kappa shape index (κ1) is 10.9. The van der Waals surface area contributed by atoms with Gasteiger partial charge in [-0.05, 0) is 24.3 Å². The average molecular weight is 210 g/mol. The second-order valence-electron chi connectivity index (χ2n) is 2.74. The van der Waals surface area contributed by atoms with E-state index < -0.39 is 0 Å². The SMILES string of the molecule is CNC(=O)CSc1ccc(NC)cc1. The van der Waals surface area contributed by atoms with Crippen LogP contribution in [0.2, 0.25) is 0 Å². The average Bonchev–Trinajstić information content (AvgIpc) is 2.26. The quantitative estimate of drug-likeness (QED) is 0.741. The monoisotopic (exact) mass is 210 g/mol. The van der Waals surface area contributed by atoms with E-state index in [2.05, 4.69) is 10.6 Å². The van der Waals surface area contributed by atoms with Crippen LogP contribution < -0.4 is 10.6 Å². The third-order valence-corrected chi connectivity index (χ3v) is 2.80. The largest absolute Gasteiger partial charge is 0.388 e. The minimum atomic E-state index is 0.0488. The van der Waals surface area contributed by atoms with Gasteiger partial charge < -0.3 is 10.6 Å². The molecule has 0 fully saturated rings. The molecule has 0 aromatic heterocycles. The third-order valence-electron chi connectivity index (χ3n) is 1.79. The van der Waals surface area contributed by atoms with Crippen LogP contribution in [0.15, 0.2) is 29.2 Å². The standard InChI is InChI=1S/C10H14N2OS/c1-11-8-3-5-9(6-4-8)14-7-10(13)12-2/h3-6,11H,7H2,1-2H3,(H,12,13). The normalized spacial score (nSPS) is 9.57. The van der Waals surface area contributed by atoms with E-state index in [0.29, 0.717) is 5.75 Å². The molecule has 0 radical (unpaired) electrons. The maximum atomic E-state index is 11.0. The highest BCUT2D eigenvalue weighted by Crippen LogP contribution is 2.19. The zero-order valence-corrected chi connectivity index (χ0v) is 9.15. The van der Waals surface area contributed by atoms with Crippen molar-refractivity contribution in [1.29, 1.82) is 0 Å². The molecule has 0 aliphatic carbocycles. The van der Waals surface area contributed by atoms with Gasteiger partial charge in [-0.3, -0.25) is 4.79 Å². The molecule has 0 saturated heterocycles. The van der Waals surface area contributed by atoms with Crippen molar-refractivity contribution in [3.05, 3.63) is 24.3 Å². The van der Waals surface area contributed by atoms with Crippen LogP contribution in [0.25, 0.3) is 0 Å². The number of benzene rings is 1. The molecule has 0 bridgehead atoms. The van der Waals surface area contributed by atoms with Crippen molar-refractivity contribution in [2.75, 3.05) is 25.2 Å². The summed E-state index contributed by atoms with van der Waals surface area (Å²) in [6.07, 6.45) is 0. The van der Waals surface area contributed by atoms with Gasteiger partial charge in [0.15, 0.2) is 0 Å².